The van der Waals surface area contributed by atoms with E-state index in [9.17, 15) is 14.7 Å². The molecule has 4 atom stereocenters. The molecule has 1 saturated carbocycles. The Labute approximate surface area is 111 Å². The highest BCUT2D eigenvalue weighted by Crippen LogP contribution is 2.47. The summed E-state index contributed by atoms with van der Waals surface area (Å²) >= 11 is 0. The number of carbonyl (C=O) groups excluding carboxylic acids is 1. The quantitative estimate of drug-likeness (QED) is 0.382. The number of nitrogens with one attached hydrogen (secondary N) is 1. The average molecular weight is 270 g/mol. The second-order valence-electron chi connectivity index (χ2n) is 5.58. The number of carbonyl (C=O) groups is 2. The lowest BCUT2D eigenvalue weighted by atomic mass is 9.76. The monoisotopic (exact) mass is 270 g/mol. The number of fused-ring (bicyclic) bond motifs is 1. The molecule has 1 amide bonds. The smallest absolute Gasteiger partial charge is 0.451 e. The normalized spacial score (nSPS) is 37.0. The molecule has 3 unspecified atom stereocenters. The van der Waals surface area contributed by atoms with Gasteiger partial charge in [0.05, 0.1) is 0 Å². The fourth-order valence-electron chi connectivity index (χ4n) is 3.49. The van der Waals surface area contributed by atoms with Crippen molar-refractivity contribution in [3.63, 3.8) is 0 Å². The number of amides is 1. The van der Waals surface area contributed by atoms with E-state index in [4.69, 9.17) is 15.8 Å². The van der Waals surface area contributed by atoms with Crippen LogP contribution in [0.2, 0.25) is 6.32 Å². The van der Waals surface area contributed by atoms with E-state index < -0.39 is 18.6 Å². The summed E-state index contributed by atoms with van der Waals surface area (Å²) in [5.74, 6) is -1.91. The summed E-state index contributed by atoms with van der Waals surface area (Å²) in [5, 5.41) is 29.8. The third kappa shape index (κ3) is 2.47. The van der Waals surface area contributed by atoms with E-state index in [1.807, 2.05) is 0 Å². The van der Waals surface area contributed by atoms with Gasteiger partial charge in [-0.25, -0.2) is 0 Å². The fourth-order valence-corrected chi connectivity index (χ4v) is 3.49. The van der Waals surface area contributed by atoms with Crippen LogP contribution in [-0.4, -0.2) is 46.2 Å². The van der Waals surface area contributed by atoms with Gasteiger partial charge in [0.15, 0.2) is 0 Å². The van der Waals surface area contributed by atoms with Crippen LogP contribution in [0.15, 0.2) is 0 Å². The van der Waals surface area contributed by atoms with E-state index >= 15 is 0 Å². The van der Waals surface area contributed by atoms with Crippen LogP contribution >= 0.6 is 0 Å². The Balaban J connectivity index is 2.11. The summed E-state index contributed by atoms with van der Waals surface area (Å²) in [6.07, 6.45) is 1.30. The lowest BCUT2D eigenvalue weighted by Gasteiger charge is -2.29. The molecule has 2 rings (SSSR count). The van der Waals surface area contributed by atoms with Gasteiger partial charge in [0.25, 0.3) is 0 Å². The molecule has 6 N–H and O–H groups in total. The molecule has 2 aliphatic rings. The lowest BCUT2D eigenvalue weighted by molar-refractivity contribution is -0.145. The van der Waals surface area contributed by atoms with Crippen LogP contribution in [0.3, 0.4) is 0 Å². The largest absolute Gasteiger partial charge is 0.480 e. The van der Waals surface area contributed by atoms with Gasteiger partial charge in [-0.2, -0.15) is 0 Å². The standard InChI is InChI=1S/C11H19BN2O5/c13-11(10(16)17)4-6-7(5-14-9(6)15)8(11)2-1-3-12(18)19/h6-8,18-19H,1-5,13H2,(H,14,15)(H,16,17)/t6-,7?,8?,11?/m1/s1. The van der Waals surface area contributed by atoms with E-state index in [0.29, 0.717) is 19.4 Å². The van der Waals surface area contributed by atoms with Crippen molar-refractivity contribution < 1.29 is 24.7 Å². The Morgan fingerprint density at radius 1 is 1.53 bits per heavy atom. The molecular weight excluding hydrogens is 251 g/mol. The van der Waals surface area contributed by atoms with Crippen molar-refractivity contribution in [3.05, 3.63) is 0 Å². The van der Waals surface area contributed by atoms with Gasteiger partial charge >= 0.3 is 13.1 Å². The highest BCUT2D eigenvalue weighted by atomic mass is 16.4. The first-order valence-electron chi connectivity index (χ1n) is 6.52. The molecule has 0 aromatic rings. The highest BCUT2D eigenvalue weighted by Gasteiger charge is 2.59. The van der Waals surface area contributed by atoms with E-state index in [1.165, 1.54) is 0 Å². The summed E-state index contributed by atoms with van der Waals surface area (Å²) in [6, 6.07) is 0. The Bertz CT molecular complexity index is 391. The molecule has 0 bridgehead atoms. The van der Waals surface area contributed by atoms with Gasteiger partial charge in [0.2, 0.25) is 5.91 Å². The molecule has 1 aliphatic carbocycles. The van der Waals surface area contributed by atoms with Gasteiger partial charge in [-0.15, -0.1) is 0 Å². The molecule has 0 spiro atoms. The van der Waals surface area contributed by atoms with Crippen molar-refractivity contribution in [2.75, 3.05) is 6.54 Å². The van der Waals surface area contributed by atoms with Gasteiger partial charge in [-0.05, 0) is 31.0 Å². The molecule has 7 nitrogen and oxygen atoms in total. The number of carboxylic acids is 1. The Morgan fingerprint density at radius 2 is 2.21 bits per heavy atom. The minimum Gasteiger partial charge on any atom is -0.480 e. The Morgan fingerprint density at radius 3 is 2.79 bits per heavy atom. The maximum atomic E-state index is 11.7. The van der Waals surface area contributed by atoms with E-state index in [0.717, 1.165) is 0 Å². The van der Waals surface area contributed by atoms with Gasteiger partial charge in [-0.3, -0.25) is 9.59 Å². The first-order valence-corrected chi connectivity index (χ1v) is 6.52. The molecule has 19 heavy (non-hydrogen) atoms. The number of hydrogen-bond acceptors (Lipinski definition) is 5. The van der Waals surface area contributed by atoms with E-state index in [2.05, 4.69) is 5.32 Å². The predicted octanol–water partition coefficient (Wildman–Crippen LogP) is -1.60. The zero-order valence-corrected chi connectivity index (χ0v) is 10.6. The predicted molar refractivity (Wildman–Crippen MR) is 66.9 cm³/mol. The summed E-state index contributed by atoms with van der Waals surface area (Å²) < 4.78 is 0. The van der Waals surface area contributed by atoms with Crippen molar-refractivity contribution in [2.45, 2.75) is 31.1 Å². The highest BCUT2D eigenvalue weighted by molar-refractivity contribution is 6.40. The van der Waals surface area contributed by atoms with Gasteiger partial charge < -0.3 is 26.2 Å². The van der Waals surface area contributed by atoms with Crippen molar-refractivity contribution in [3.8, 4) is 0 Å². The van der Waals surface area contributed by atoms with Crippen LogP contribution in [0.25, 0.3) is 0 Å². The zero-order valence-electron chi connectivity index (χ0n) is 10.6. The summed E-state index contributed by atoms with van der Waals surface area (Å²) in [4.78, 5) is 23.1. The molecule has 0 aromatic heterocycles. The zero-order chi connectivity index (χ0) is 14.2. The number of nitrogens with two attached hydrogens (primary N) is 1. The third-order valence-corrected chi connectivity index (χ3v) is 4.48. The van der Waals surface area contributed by atoms with Crippen molar-refractivity contribution in [2.24, 2.45) is 23.5 Å². The second-order valence-corrected chi connectivity index (χ2v) is 5.58. The van der Waals surface area contributed by atoms with Crippen molar-refractivity contribution in [1.82, 2.24) is 5.32 Å². The topological polar surface area (TPSA) is 133 Å². The molecular formula is C11H19BN2O5. The summed E-state index contributed by atoms with van der Waals surface area (Å²) in [7, 11) is -1.39. The van der Waals surface area contributed by atoms with Crippen molar-refractivity contribution >= 4 is 19.0 Å². The molecule has 0 aromatic carbocycles. The first-order chi connectivity index (χ1) is 8.86. The van der Waals surface area contributed by atoms with Crippen LogP contribution in [-0.2, 0) is 9.59 Å². The van der Waals surface area contributed by atoms with Crippen LogP contribution in [0, 0.1) is 17.8 Å². The minimum absolute atomic E-state index is 0.0653. The third-order valence-electron chi connectivity index (χ3n) is 4.48. The maximum absolute atomic E-state index is 11.7. The second kappa shape index (κ2) is 5.11. The Kier molecular flexibility index (Phi) is 3.84. The van der Waals surface area contributed by atoms with E-state index in [-0.39, 0.29) is 36.4 Å². The number of carboxylic acid groups (broad SMARTS) is 1. The van der Waals surface area contributed by atoms with Crippen molar-refractivity contribution in [1.29, 1.82) is 0 Å². The van der Waals surface area contributed by atoms with Gasteiger partial charge in [0, 0.05) is 12.5 Å². The number of hydrogen-bond donors (Lipinski definition) is 5. The maximum Gasteiger partial charge on any atom is 0.451 e. The molecule has 2 fully saturated rings. The van der Waals surface area contributed by atoms with Crippen LogP contribution in [0.1, 0.15) is 19.3 Å². The summed E-state index contributed by atoms with van der Waals surface area (Å²) in [5.41, 5.74) is 4.63. The lowest BCUT2D eigenvalue weighted by Crippen LogP contribution is -2.53. The van der Waals surface area contributed by atoms with Gasteiger partial charge in [-0.1, -0.05) is 6.42 Å². The molecule has 1 heterocycles. The summed E-state index contributed by atoms with van der Waals surface area (Å²) in [6.45, 7) is 0.460. The minimum atomic E-state index is -1.39. The molecule has 1 aliphatic heterocycles. The molecule has 1 saturated heterocycles. The number of rotatable bonds is 5. The number of aliphatic carboxylic acids is 1. The SMILES string of the molecule is NC1(C(=O)O)C[C@H]2C(=O)NCC2C1CCCB(O)O. The van der Waals surface area contributed by atoms with E-state index in [1.54, 1.807) is 0 Å². The molecule has 8 heteroatoms. The van der Waals surface area contributed by atoms with Crippen LogP contribution < -0.4 is 11.1 Å². The molecule has 0 radical (unpaired) electrons. The molecule has 106 valence electrons. The Hall–Kier alpha value is -1.12. The fraction of sp³-hybridized carbons (Fsp3) is 0.818. The first kappa shape index (κ1) is 14.3. The van der Waals surface area contributed by atoms with Crippen LogP contribution in [0.4, 0.5) is 0 Å². The van der Waals surface area contributed by atoms with Gasteiger partial charge in [0.1, 0.15) is 5.54 Å². The van der Waals surface area contributed by atoms with Crippen LogP contribution in [0.5, 0.6) is 0 Å². The average Bonchev–Trinajstić information content (AvgIpc) is 2.79.